The van der Waals surface area contributed by atoms with Crippen LogP contribution in [0.2, 0.25) is 0 Å². The van der Waals surface area contributed by atoms with Crippen LogP contribution in [0.15, 0.2) is 35.8 Å². The smallest absolute Gasteiger partial charge is 0.146 e. The molecule has 0 radical (unpaired) electrons. The monoisotopic (exact) mass is 264 g/mol. The number of hydrogen-bond donors (Lipinski definition) is 1. The topological polar surface area (TPSA) is 24.9 Å². The molecule has 0 amide bonds. The van der Waals surface area contributed by atoms with E-state index in [1.807, 2.05) is 13.0 Å². The van der Waals surface area contributed by atoms with Crippen molar-refractivity contribution >= 4 is 11.3 Å². The second-order valence-corrected chi connectivity index (χ2v) is 5.13. The van der Waals surface area contributed by atoms with E-state index in [1.54, 1.807) is 23.6 Å². The van der Waals surface area contributed by atoms with Gasteiger partial charge in [-0.05, 0) is 43.0 Å². The lowest BCUT2D eigenvalue weighted by molar-refractivity contribution is 0.472. The van der Waals surface area contributed by atoms with E-state index in [0.717, 1.165) is 19.4 Å². The Bertz CT molecular complexity index is 470. The van der Waals surface area contributed by atoms with Gasteiger partial charge in [-0.25, -0.2) is 4.39 Å². The summed E-state index contributed by atoms with van der Waals surface area (Å²) in [4.78, 5) is 5.49. The molecule has 0 aliphatic heterocycles. The summed E-state index contributed by atoms with van der Waals surface area (Å²) < 4.78 is 13.7. The van der Waals surface area contributed by atoms with Crippen LogP contribution in [0, 0.1) is 5.82 Å². The summed E-state index contributed by atoms with van der Waals surface area (Å²) in [5.41, 5.74) is 0.524. The maximum absolute atomic E-state index is 13.7. The van der Waals surface area contributed by atoms with Crippen molar-refractivity contribution in [3.8, 4) is 0 Å². The van der Waals surface area contributed by atoms with E-state index in [4.69, 9.17) is 0 Å². The summed E-state index contributed by atoms with van der Waals surface area (Å²) in [6, 6.07) is 7.24. The summed E-state index contributed by atoms with van der Waals surface area (Å²) in [5.74, 6) is -0.227. The molecule has 0 fully saturated rings. The van der Waals surface area contributed by atoms with Crippen molar-refractivity contribution in [2.45, 2.75) is 25.8 Å². The Morgan fingerprint density at radius 2 is 2.28 bits per heavy atom. The maximum Gasteiger partial charge on any atom is 0.146 e. The molecule has 2 aromatic rings. The Labute approximate surface area is 111 Å². The van der Waals surface area contributed by atoms with Crippen molar-refractivity contribution in [1.29, 1.82) is 0 Å². The third kappa shape index (κ3) is 3.37. The second-order valence-electron chi connectivity index (χ2n) is 4.10. The average molecular weight is 264 g/mol. The molecule has 1 unspecified atom stereocenters. The molecule has 2 aromatic heterocycles. The second kappa shape index (κ2) is 6.61. The quantitative estimate of drug-likeness (QED) is 0.863. The minimum Gasteiger partial charge on any atom is -0.309 e. The molecule has 18 heavy (non-hydrogen) atoms. The van der Waals surface area contributed by atoms with Crippen molar-refractivity contribution in [2.75, 3.05) is 6.54 Å². The molecular formula is C14H17FN2S. The maximum atomic E-state index is 13.7. The standard InChI is InChI=1S/C14H17FN2S/c1-2-16-13(8-7-11-5-4-10-18-11)14-12(15)6-3-9-17-14/h3-6,9-10,13,16H,2,7-8H2,1H3. The predicted octanol–water partition coefficient (Wildman–Crippen LogP) is 3.57. The van der Waals surface area contributed by atoms with Gasteiger partial charge >= 0.3 is 0 Å². The first kappa shape index (κ1) is 13.2. The zero-order valence-corrected chi connectivity index (χ0v) is 11.2. The third-order valence-electron chi connectivity index (χ3n) is 2.83. The number of nitrogens with one attached hydrogen (secondary N) is 1. The van der Waals surface area contributed by atoms with Gasteiger partial charge in [-0.15, -0.1) is 11.3 Å². The summed E-state index contributed by atoms with van der Waals surface area (Å²) in [6.45, 7) is 2.84. The number of nitrogens with zero attached hydrogens (tertiary/aromatic N) is 1. The van der Waals surface area contributed by atoms with Crippen molar-refractivity contribution in [3.05, 3.63) is 52.2 Å². The van der Waals surface area contributed by atoms with E-state index in [0.29, 0.717) is 5.69 Å². The molecule has 0 aromatic carbocycles. The summed E-state index contributed by atoms with van der Waals surface area (Å²) in [5, 5.41) is 5.37. The van der Waals surface area contributed by atoms with Crippen LogP contribution in [0.1, 0.15) is 30.0 Å². The lowest BCUT2D eigenvalue weighted by atomic mass is 10.1. The van der Waals surface area contributed by atoms with E-state index in [9.17, 15) is 4.39 Å². The van der Waals surface area contributed by atoms with E-state index < -0.39 is 0 Å². The SMILES string of the molecule is CCNC(CCc1cccs1)c1ncccc1F. The fourth-order valence-corrected chi connectivity index (χ4v) is 2.70. The van der Waals surface area contributed by atoms with E-state index >= 15 is 0 Å². The zero-order chi connectivity index (χ0) is 12.8. The van der Waals surface area contributed by atoms with Gasteiger partial charge in [-0.1, -0.05) is 13.0 Å². The van der Waals surface area contributed by atoms with Gasteiger partial charge in [-0.3, -0.25) is 4.98 Å². The van der Waals surface area contributed by atoms with Crippen LogP contribution < -0.4 is 5.32 Å². The highest BCUT2D eigenvalue weighted by atomic mass is 32.1. The van der Waals surface area contributed by atoms with E-state index in [-0.39, 0.29) is 11.9 Å². The van der Waals surface area contributed by atoms with Gasteiger partial charge in [-0.2, -0.15) is 0 Å². The van der Waals surface area contributed by atoms with Crippen LogP contribution in [0.4, 0.5) is 4.39 Å². The highest BCUT2D eigenvalue weighted by Gasteiger charge is 2.15. The summed E-state index contributed by atoms with van der Waals surface area (Å²) in [7, 11) is 0. The Balaban J connectivity index is 2.06. The van der Waals surface area contributed by atoms with Crippen LogP contribution >= 0.6 is 11.3 Å². The fraction of sp³-hybridized carbons (Fsp3) is 0.357. The molecule has 0 saturated heterocycles. The van der Waals surface area contributed by atoms with Crippen LogP contribution in [0.25, 0.3) is 0 Å². The first-order valence-corrected chi connectivity index (χ1v) is 7.05. The van der Waals surface area contributed by atoms with Crippen molar-refractivity contribution < 1.29 is 4.39 Å². The molecule has 0 saturated carbocycles. The van der Waals surface area contributed by atoms with Crippen molar-refractivity contribution in [1.82, 2.24) is 10.3 Å². The lowest BCUT2D eigenvalue weighted by Gasteiger charge is -2.17. The average Bonchev–Trinajstić information content (AvgIpc) is 2.88. The number of aryl methyl sites for hydroxylation is 1. The van der Waals surface area contributed by atoms with E-state index in [2.05, 4.69) is 21.7 Å². The van der Waals surface area contributed by atoms with Crippen LogP contribution in [0.3, 0.4) is 0 Å². The van der Waals surface area contributed by atoms with Crippen LogP contribution in [-0.4, -0.2) is 11.5 Å². The normalized spacial score (nSPS) is 12.6. The number of halogens is 1. The molecule has 0 aliphatic rings. The third-order valence-corrected chi connectivity index (χ3v) is 3.76. The number of aromatic nitrogens is 1. The Morgan fingerprint density at radius 1 is 1.39 bits per heavy atom. The molecule has 0 spiro atoms. The molecule has 2 nitrogen and oxygen atoms in total. The zero-order valence-electron chi connectivity index (χ0n) is 10.4. The van der Waals surface area contributed by atoms with Crippen molar-refractivity contribution in [2.24, 2.45) is 0 Å². The summed E-state index contributed by atoms with van der Waals surface area (Å²) in [6.07, 6.45) is 3.46. The molecule has 0 aliphatic carbocycles. The minimum atomic E-state index is -0.227. The first-order valence-electron chi connectivity index (χ1n) is 6.17. The van der Waals surface area contributed by atoms with Crippen LogP contribution in [-0.2, 0) is 6.42 Å². The van der Waals surface area contributed by atoms with Gasteiger partial charge in [0, 0.05) is 11.1 Å². The molecule has 96 valence electrons. The Hall–Kier alpha value is -1.26. The largest absolute Gasteiger partial charge is 0.309 e. The molecular weight excluding hydrogens is 247 g/mol. The molecule has 1 N–H and O–H groups in total. The van der Waals surface area contributed by atoms with Gasteiger partial charge in [0.1, 0.15) is 5.82 Å². The molecule has 4 heteroatoms. The highest BCUT2D eigenvalue weighted by Crippen LogP contribution is 2.21. The predicted molar refractivity (Wildman–Crippen MR) is 73.3 cm³/mol. The van der Waals surface area contributed by atoms with E-state index in [1.165, 1.54) is 10.9 Å². The first-order chi connectivity index (χ1) is 8.81. The fourth-order valence-electron chi connectivity index (χ4n) is 1.98. The molecule has 2 heterocycles. The summed E-state index contributed by atoms with van der Waals surface area (Å²) >= 11 is 1.74. The number of rotatable bonds is 6. The Kier molecular flexibility index (Phi) is 4.84. The number of hydrogen-bond acceptors (Lipinski definition) is 3. The van der Waals surface area contributed by atoms with Gasteiger partial charge in [0.2, 0.25) is 0 Å². The van der Waals surface area contributed by atoms with Crippen molar-refractivity contribution in [3.63, 3.8) is 0 Å². The molecule has 0 bridgehead atoms. The van der Waals surface area contributed by atoms with Gasteiger partial charge in [0.15, 0.2) is 0 Å². The lowest BCUT2D eigenvalue weighted by Crippen LogP contribution is -2.23. The molecule has 2 rings (SSSR count). The number of pyridine rings is 1. The number of thiophene rings is 1. The van der Waals surface area contributed by atoms with Crippen LogP contribution in [0.5, 0.6) is 0 Å². The highest BCUT2D eigenvalue weighted by molar-refractivity contribution is 7.09. The minimum absolute atomic E-state index is 0.0155. The van der Waals surface area contributed by atoms with Gasteiger partial charge in [0.25, 0.3) is 0 Å². The van der Waals surface area contributed by atoms with Gasteiger partial charge in [0.05, 0.1) is 11.7 Å². The van der Waals surface area contributed by atoms with Gasteiger partial charge < -0.3 is 5.32 Å². The molecule has 1 atom stereocenters. The Morgan fingerprint density at radius 3 is 2.94 bits per heavy atom.